The van der Waals surface area contributed by atoms with Crippen molar-refractivity contribution in [1.82, 2.24) is 0 Å². The fraction of sp³-hybridized carbons (Fsp3) is 0.471. The number of nitrogens with zero attached hydrogens (tertiary/aromatic N) is 1. The average molecular weight is 389 g/mol. The van der Waals surface area contributed by atoms with Crippen LogP contribution in [0.3, 0.4) is 0 Å². The molecule has 0 unspecified atom stereocenters. The van der Waals surface area contributed by atoms with Crippen molar-refractivity contribution < 1.29 is 59.2 Å². The number of hydrogen-bond acceptors (Lipinski definition) is 7. The molecule has 0 saturated heterocycles. The second-order valence-corrected chi connectivity index (χ2v) is 6.96. The number of carboxylic acids is 2. The van der Waals surface area contributed by atoms with Crippen molar-refractivity contribution in [2.75, 3.05) is 12.4 Å². The van der Waals surface area contributed by atoms with Crippen molar-refractivity contribution in [2.24, 2.45) is 4.99 Å². The summed E-state index contributed by atoms with van der Waals surface area (Å²) < 4.78 is 5.53. The van der Waals surface area contributed by atoms with Crippen molar-refractivity contribution in [3.05, 3.63) is 23.8 Å². The zero-order valence-electron chi connectivity index (χ0n) is 14.9. The van der Waals surface area contributed by atoms with Gasteiger partial charge in [-0.15, -0.1) is 11.8 Å². The van der Waals surface area contributed by atoms with Crippen LogP contribution in [-0.2, 0) is 9.59 Å². The molecule has 1 atom stereocenters. The molecule has 0 radical (unpaired) electrons. The number of carboxylic acid groups (broad SMARTS) is 2. The second kappa shape index (κ2) is 10.2. The van der Waals surface area contributed by atoms with E-state index < -0.39 is 17.5 Å². The molecule has 0 bridgehead atoms. The van der Waals surface area contributed by atoms with Gasteiger partial charge in [-0.1, -0.05) is 0 Å². The first-order valence-corrected chi connectivity index (χ1v) is 8.92. The molecule has 1 heterocycles. The number of benzene rings is 1. The normalized spacial score (nSPS) is 18.7. The fourth-order valence-corrected chi connectivity index (χ4v) is 3.46. The number of phenolic OH excluding ortho intramolecular Hbond substituents is 1. The molecule has 1 aliphatic heterocycles. The molecule has 1 aromatic rings. The number of aliphatic imine (C=N–C) groups is 1. The van der Waals surface area contributed by atoms with Crippen LogP contribution in [0.1, 0.15) is 38.2 Å². The number of aromatic hydroxyl groups is 1. The van der Waals surface area contributed by atoms with Crippen molar-refractivity contribution in [3.8, 4) is 11.5 Å². The van der Waals surface area contributed by atoms with E-state index in [1.165, 1.54) is 24.8 Å². The van der Waals surface area contributed by atoms with Crippen LogP contribution in [0, 0.1) is 0 Å². The number of ether oxygens (including phenoxy) is 1. The molecule has 1 aromatic carbocycles. The summed E-state index contributed by atoms with van der Waals surface area (Å²) in [6.45, 7) is 1.91. The Morgan fingerprint density at radius 2 is 2.08 bits per heavy atom. The first-order valence-electron chi connectivity index (χ1n) is 7.94. The topological polar surface area (TPSA) is 119 Å². The maximum absolute atomic E-state index is 11.1. The Kier molecular flexibility index (Phi) is 8.95. The van der Waals surface area contributed by atoms with E-state index in [2.05, 4.69) is 4.99 Å². The molecule has 7 nitrogen and oxygen atoms in total. The van der Waals surface area contributed by atoms with Crippen LogP contribution in [-0.4, -0.2) is 45.1 Å². The maximum atomic E-state index is 11.1. The van der Waals surface area contributed by atoms with Gasteiger partial charge >= 0.3 is 35.5 Å². The molecule has 0 aromatic heterocycles. The molecule has 0 aliphatic carbocycles. The Morgan fingerprint density at radius 3 is 2.65 bits per heavy atom. The van der Waals surface area contributed by atoms with Gasteiger partial charge in [0, 0.05) is 23.8 Å². The van der Waals surface area contributed by atoms with Gasteiger partial charge in [-0.3, -0.25) is 9.79 Å². The molecular weight excluding hydrogens is 369 g/mol. The molecular formula is C17H20NNaO6S. The summed E-state index contributed by atoms with van der Waals surface area (Å²) in [5, 5.41) is 30.3. The van der Waals surface area contributed by atoms with Crippen LogP contribution in [0.2, 0.25) is 0 Å². The predicted octanol–water partition coefficient (Wildman–Crippen LogP) is -1.58. The van der Waals surface area contributed by atoms with Gasteiger partial charge in [0.15, 0.2) is 0 Å². The summed E-state index contributed by atoms with van der Waals surface area (Å²) in [4.78, 5) is 25.7. The Morgan fingerprint density at radius 1 is 1.35 bits per heavy atom. The van der Waals surface area contributed by atoms with Crippen LogP contribution in [0.15, 0.2) is 23.2 Å². The minimum absolute atomic E-state index is 0. The van der Waals surface area contributed by atoms with Gasteiger partial charge in [0.1, 0.15) is 22.1 Å². The predicted molar refractivity (Wildman–Crippen MR) is 92.1 cm³/mol. The first-order chi connectivity index (χ1) is 11.8. The van der Waals surface area contributed by atoms with Crippen molar-refractivity contribution in [2.45, 2.75) is 38.1 Å². The van der Waals surface area contributed by atoms with Crippen LogP contribution in [0.5, 0.6) is 11.5 Å². The molecule has 0 saturated carbocycles. The van der Waals surface area contributed by atoms with E-state index in [1.54, 1.807) is 12.1 Å². The van der Waals surface area contributed by atoms with E-state index >= 15 is 0 Å². The third kappa shape index (κ3) is 6.19. The van der Waals surface area contributed by atoms with E-state index in [9.17, 15) is 19.8 Å². The van der Waals surface area contributed by atoms with Gasteiger partial charge in [-0.2, -0.15) is 0 Å². The summed E-state index contributed by atoms with van der Waals surface area (Å²) in [7, 11) is 0. The third-order valence-corrected chi connectivity index (χ3v) is 5.07. The SMILES string of the molecule is C[C@]1(C(=O)[O-])CSC(c2ccc(OCCCCCC(=O)O)cc2O)=N1.[Na+]. The van der Waals surface area contributed by atoms with Crippen LogP contribution in [0.25, 0.3) is 0 Å². The fourth-order valence-electron chi connectivity index (χ4n) is 2.27. The number of carbonyl (C=O) groups excluding carboxylic acids is 1. The Balaban J connectivity index is 0.00000338. The molecule has 1 aliphatic rings. The zero-order chi connectivity index (χ0) is 18.4. The molecule has 0 fully saturated rings. The van der Waals surface area contributed by atoms with Gasteiger partial charge in [-0.25, -0.2) is 0 Å². The van der Waals surface area contributed by atoms with Crippen molar-refractivity contribution in [1.29, 1.82) is 0 Å². The van der Waals surface area contributed by atoms with E-state index in [0.29, 0.717) is 29.4 Å². The summed E-state index contributed by atoms with van der Waals surface area (Å²) in [6.07, 6.45) is 2.24. The summed E-state index contributed by atoms with van der Waals surface area (Å²) in [6, 6.07) is 4.79. The van der Waals surface area contributed by atoms with Crippen molar-refractivity contribution >= 4 is 28.7 Å². The number of carbonyl (C=O) groups is 2. The molecule has 0 spiro atoms. The molecule has 9 heteroatoms. The summed E-state index contributed by atoms with van der Waals surface area (Å²) >= 11 is 1.26. The maximum Gasteiger partial charge on any atom is 1.00 e. The number of hydrogen-bond donors (Lipinski definition) is 2. The molecule has 26 heavy (non-hydrogen) atoms. The van der Waals surface area contributed by atoms with Crippen LogP contribution < -0.4 is 39.4 Å². The molecule has 0 amide bonds. The summed E-state index contributed by atoms with van der Waals surface area (Å²) in [5.74, 6) is -1.32. The van der Waals surface area contributed by atoms with Gasteiger partial charge in [0.05, 0.1) is 12.6 Å². The summed E-state index contributed by atoms with van der Waals surface area (Å²) in [5.41, 5.74) is -0.818. The smallest absolute Gasteiger partial charge is 0.547 e. The molecule has 136 valence electrons. The van der Waals surface area contributed by atoms with E-state index in [-0.39, 0.29) is 47.5 Å². The Hall–Kier alpha value is -1.22. The Labute approximate surface area is 178 Å². The van der Waals surface area contributed by atoms with Crippen LogP contribution >= 0.6 is 11.8 Å². The minimum Gasteiger partial charge on any atom is -0.547 e. The van der Waals surface area contributed by atoms with Gasteiger partial charge in [-0.05, 0) is 38.3 Å². The third-order valence-electron chi connectivity index (χ3n) is 3.78. The van der Waals surface area contributed by atoms with Gasteiger partial charge in [0.2, 0.25) is 0 Å². The van der Waals surface area contributed by atoms with E-state index in [4.69, 9.17) is 9.84 Å². The van der Waals surface area contributed by atoms with Gasteiger partial charge < -0.3 is 24.9 Å². The number of aliphatic carboxylic acids is 2. The quantitative estimate of drug-likeness (QED) is 0.386. The number of thioether (sulfide) groups is 1. The largest absolute Gasteiger partial charge is 1.00 e. The van der Waals surface area contributed by atoms with Gasteiger partial charge in [0.25, 0.3) is 0 Å². The monoisotopic (exact) mass is 389 g/mol. The average Bonchev–Trinajstić information content (AvgIpc) is 2.94. The number of rotatable bonds is 9. The second-order valence-electron chi connectivity index (χ2n) is 6.00. The van der Waals surface area contributed by atoms with Crippen LogP contribution in [0.4, 0.5) is 0 Å². The zero-order valence-corrected chi connectivity index (χ0v) is 17.7. The molecule has 2 rings (SSSR count). The minimum atomic E-state index is -1.28. The molecule has 2 N–H and O–H groups in total. The van der Waals surface area contributed by atoms with Crippen molar-refractivity contribution in [3.63, 3.8) is 0 Å². The Bertz CT molecular complexity index is 696. The first kappa shape index (κ1) is 22.8. The number of phenols is 1. The van der Waals surface area contributed by atoms with E-state index in [1.807, 2.05) is 0 Å². The number of unbranched alkanes of at least 4 members (excludes halogenated alkanes) is 2. The standard InChI is InChI=1S/C17H21NO6S.Na/c1-17(16(22)23)10-25-15(18-17)12-7-6-11(9-13(12)19)24-8-4-2-3-5-14(20)21;/h6-7,9,19H,2-5,8,10H2,1H3,(H,20,21)(H,22,23);/q;+1/p-1/t17-;/m1./s1. The van der Waals surface area contributed by atoms with E-state index in [0.717, 1.165) is 12.8 Å².